The molecule has 1 radical (unpaired) electrons. The van der Waals surface area contributed by atoms with Crippen molar-refractivity contribution >= 4 is 55.3 Å². The van der Waals surface area contributed by atoms with Gasteiger partial charge in [-0.15, -0.1) is 0 Å². The van der Waals surface area contributed by atoms with Crippen LogP contribution < -0.4 is 10.0 Å². The number of hydrogen-bond acceptors (Lipinski definition) is 4. The fourth-order valence-electron chi connectivity index (χ4n) is 3.77. The number of rotatable bonds is 7. The fraction of sp³-hybridized carbons (Fsp3) is 0.208. The van der Waals surface area contributed by atoms with Crippen LogP contribution in [0.5, 0.6) is 0 Å². The van der Waals surface area contributed by atoms with Crippen molar-refractivity contribution in [1.82, 2.24) is 5.32 Å². The Morgan fingerprint density at radius 2 is 1.81 bits per heavy atom. The number of aliphatic hydroxyl groups is 1. The molecule has 32 heavy (non-hydrogen) atoms. The van der Waals surface area contributed by atoms with Gasteiger partial charge in [0.25, 0.3) is 0 Å². The molecule has 3 aromatic rings. The molecule has 0 bridgehead atoms. The van der Waals surface area contributed by atoms with E-state index in [1.807, 2.05) is 30.3 Å². The number of fused-ring (bicyclic) bond motifs is 1. The Labute approximate surface area is 199 Å². The number of amides is 1. The predicted molar refractivity (Wildman–Crippen MR) is 128 cm³/mol. The zero-order valence-corrected chi connectivity index (χ0v) is 21.8. The van der Waals surface area contributed by atoms with Crippen molar-refractivity contribution in [1.29, 1.82) is 0 Å². The summed E-state index contributed by atoms with van der Waals surface area (Å²) in [6.07, 6.45) is 1.40. The molecular formula is C24H24InN2O4S. The van der Waals surface area contributed by atoms with Gasteiger partial charge in [0.05, 0.1) is 0 Å². The van der Waals surface area contributed by atoms with E-state index in [1.165, 1.54) is 18.2 Å². The van der Waals surface area contributed by atoms with Gasteiger partial charge in [-0.2, -0.15) is 0 Å². The number of anilines is 1. The minimum atomic E-state index is -3.88. The first-order valence-corrected chi connectivity index (χ1v) is 16.6. The third kappa shape index (κ3) is 5.19. The molecule has 1 amide bonds. The standard InChI is InChI=1S/C24H24N2O4S.In/c1-4-16(2)23(27)17(3)25-24(28)20-10-7-11-22(15-20)31(29,30)26-21-13-12-18-8-5-6-9-19(18)14-21;/h4-15,17,23,26-27H,1-2H2,3H3,(H,25,28);. The predicted octanol–water partition coefficient (Wildman–Crippen LogP) is 3.60. The van der Waals surface area contributed by atoms with Crippen molar-refractivity contribution < 1.29 is 18.3 Å². The molecule has 6 nitrogen and oxygen atoms in total. The average Bonchev–Trinajstić information content (AvgIpc) is 3.33. The van der Waals surface area contributed by atoms with E-state index in [2.05, 4.69) is 16.1 Å². The summed E-state index contributed by atoms with van der Waals surface area (Å²) < 4.78 is 30.6. The first-order chi connectivity index (χ1) is 15.3. The molecule has 2 unspecified atom stereocenters. The molecule has 3 aromatic carbocycles. The molecule has 1 heterocycles. The van der Waals surface area contributed by atoms with Crippen LogP contribution in [0.15, 0.2) is 83.3 Å². The molecule has 8 heteroatoms. The Balaban J connectivity index is 1.49. The first-order valence-electron chi connectivity index (χ1n) is 10.4. The Hall–Kier alpha value is -2.29. The fourth-order valence-corrected chi connectivity index (χ4v) is 8.80. The van der Waals surface area contributed by atoms with Crippen LogP contribution >= 0.6 is 0 Å². The van der Waals surface area contributed by atoms with E-state index in [1.54, 1.807) is 25.1 Å². The van der Waals surface area contributed by atoms with Crippen LogP contribution in [0, 0.1) is 0 Å². The number of carbonyl (C=O) groups excluding carboxylic acids is 1. The third-order valence-corrected chi connectivity index (χ3v) is 10.7. The quantitative estimate of drug-likeness (QED) is 0.392. The Bertz CT molecular complexity index is 1290. The molecule has 3 N–H and O–H groups in total. The van der Waals surface area contributed by atoms with Gasteiger partial charge in [0.15, 0.2) is 0 Å². The van der Waals surface area contributed by atoms with Crippen molar-refractivity contribution in [2.45, 2.75) is 32.3 Å². The molecular weight excluding hydrogens is 527 g/mol. The van der Waals surface area contributed by atoms with Gasteiger partial charge in [-0.1, -0.05) is 30.3 Å². The van der Waals surface area contributed by atoms with Gasteiger partial charge in [0, 0.05) is 0 Å². The molecule has 4 rings (SSSR count). The molecule has 163 valence electrons. The molecule has 0 aliphatic carbocycles. The number of sulfonamides is 1. The second kappa shape index (κ2) is 9.68. The number of allylic oxidation sites excluding steroid dienone is 1. The summed E-state index contributed by atoms with van der Waals surface area (Å²) in [5, 5.41) is 15.2. The minimum absolute atomic E-state index is 0.00165. The monoisotopic (exact) mass is 551 g/mol. The van der Waals surface area contributed by atoms with Gasteiger partial charge in [0.1, 0.15) is 0 Å². The molecule has 1 aliphatic rings. The van der Waals surface area contributed by atoms with Crippen LogP contribution in [-0.4, -0.2) is 54.5 Å². The van der Waals surface area contributed by atoms with Gasteiger partial charge < -0.3 is 0 Å². The number of aliphatic hydroxyl groups excluding tert-OH is 1. The molecule has 0 saturated heterocycles. The topological polar surface area (TPSA) is 95.5 Å². The zero-order chi connectivity index (χ0) is 22.7. The van der Waals surface area contributed by atoms with E-state index in [4.69, 9.17) is 0 Å². The maximum atomic E-state index is 12.9. The third-order valence-electron chi connectivity index (χ3n) is 5.55. The maximum absolute atomic E-state index is 12.9. The number of hydrogen-bond donors (Lipinski definition) is 3. The Morgan fingerprint density at radius 1 is 1.03 bits per heavy atom. The summed E-state index contributed by atoms with van der Waals surface area (Å²) in [6.45, 7) is 1.76. The summed E-state index contributed by atoms with van der Waals surface area (Å²) in [6, 6.07) is 18.5. The molecule has 2 atom stereocenters. The van der Waals surface area contributed by atoms with E-state index in [0.29, 0.717) is 5.69 Å². The van der Waals surface area contributed by atoms with Gasteiger partial charge in [-0.25, -0.2) is 0 Å². The van der Waals surface area contributed by atoms with E-state index in [0.717, 1.165) is 24.7 Å². The zero-order valence-electron chi connectivity index (χ0n) is 17.7. The van der Waals surface area contributed by atoms with E-state index >= 15 is 0 Å². The van der Waals surface area contributed by atoms with Crippen LogP contribution in [0.4, 0.5) is 5.69 Å². The van der Waals surface area contributed by atoms with Crippen molar-refractivity contribution in [3.63, 3.8) is 0 Å². The van der Waals surface area contributed by atoms with Gasteiger partial charge >= 0.3 is 147 Å². The van der Waals surface area contributed by atoms with Gasteiger partial charge in [0.2, 0.25) is 0 Å². The normalized spacial score (nSPS) is 15.5. The van der Waals surface area contributed by atoms with Crippen LogP contribution in [0.25, 0.3) is 10.8 Å². The van der Waals surface area contributed by atoms with E-state index < -0.39 is 51.0 Å². The molecule has 1 aliphatic heterocycles. The van der Waals surface area contributed by atoms with Crippen molar-refractivity contribution in [3.05, 3.63) is 83.9 Å². The van der Waals surface area contributed by atoms with Crippen molar-refractivity contribution in [2.24, 2.45) is 0 Å². The summed E-state index contributed by atoms with van der Waals surface area (Å²) in [7, 11) is -3.88. The van der Waals surface area contributed by atoms with Crippen LogP contribution in [0.2, 0.25) is 8.35 Å². The average molecular weight is 551 g/mol. The molecule has 0 spiro atoms. The van der Waals surface area contributed by atoms with Gasteiger partial charge in [-0.3, -0.25) is 0 Å². The van der Waals surface area contributed by atoms with Crippen LogP contribution in [0.1, 0.15) is 17.3 Å². The van der Waals surface area contributed by atoms with E-state index in [-0.39, 0.29) is 10.5 Å². The van der Waals surface area contributed by atoms with Crippen molar-refractivity contribution in [3.8, 4) is 0 Å². The summed E-state index contributed by atoms with van der Waals surface area (Å²) in [5.41, 5.74) is 1.70. The van der Waals surface area contributed by atoms with Crippen LogP contribution in [0.3, 0.4) is 0 Å². The first kappa shape index (κ1) is 22.9. The molecule has 0 fully saturated rings. The Morgan fingerprint density at radius 3 is 2.56 bits per heavy atom. The number of nitrogens with one attached hydrogen (secondary N) is 2. The summed E-state index contributed by atoms with van der Waals surface area (Å²) >= 11 is -0.582. The van der Waals surface area contributed by atoms with Gasteiger partial charge in [-0.05, 0) is 22.9 Å². The summed E-state index contributed by atoms with van der Waals surface area (Å²) in [4.78, 5) is 12.7. The van der Waals surface area contributed by atoms with Crippen LogP contribution in [-0.2, 0) is 10.0 Å². The molecule has 0 saturated carbocycles. The number of benzene rings is 3. The second-order valence-electron chi connectivity index (χ2n) is 7.91. The SMILES string of the molecule is CC(NC(=O)c1cccc(S(=O)(=O)Nc2ccc3ccccc3c2)c1)C(O)C1=C[CH2][In][CH2]1. The van der Waals surface area contributed by atoms with Crippen molar-refractivity contribution in [2.75, 3.05) is 4.72 Å². The second-order valence-corrected chi connectivity index (χ2v) is 13.8. The van der Waals surface area contributed by atoms with E-state index in [9.17, 15) is 18.3 Å². The Kier molecular flexibility index (Phi) is 6.93. The number of carbonyl (C=O) groups is 1. The summed E-state index contributed by atoms with van der Waals surface area (Å²) in [5.74, 6) is -0.417. The molecule has 0 aromatic heterocycles.